The Bertz CT molecular complexity index is 1070. The van der Waals surface area contributed by atoms with E-state index in [1.54, 1.807) is 28.8 Å². The van der Waals surface area contributed by atoms with Crippen LogP contribution >= 0.6 is 23.5 Å². The minimum atomic E-state index is 0.000735. The molecule has 0 radical (unpaired) electrons. The first-order valence-electron chi connectivity index (χ1n) is 9.46. The van der Waals surface area contributed by atoms with E-state index in [9.17, 15) is 4.79 Å². The van der Waals surface area contributed by atoms with Gasteiger partial charge in [0, 0.05) is 18.5 Å². The van der Waals surface area contributed by atoms with Crippen LogP contribution in [0.5, 0.6) is 0 Å². The zero-order valence-electron chi connectivity index (χ0n) is 16.3. The van der Waals surface area contributed by atoms with Crippen molar-refractivity contribution < 1.29 is 4.79 Å². The number of hydrogen-bond donors (Lipinski definition) is 0. The number of thioether (sulfide) groups is 2. The summed E-state index contributed by atoms with van der Waals surface area (Å²) >= 11 is 3.04. The van der Waals surface area contributed by atoms with Crippen molar-refractivity contribution in [1.29, 1.82) is 5.26 Å². The van der Waals surface area contributed by atoms with Gasteiger partial charge < -0.3 is 4.90 Å². The molecule has 0 aliphatic carbocycles. The van der Waals surface area contributed by atoms with E-state index in [0.717, 1.165) is 28.5 Å². The molecule has 1 fully saturated rings. The van der Waals surface area contributed by atoms with Crippen LogP contribution in [-0.2, 0) is 4.79 Å². The molecule has 0 saturated carbocycles. The standard InChI is InChI=1S/C22H20N4OS2/c1-3-4-12-26-20(27)19(21-25(2)17-10-5-6-11-18(17)28-21)29-22(26)24-16-9-7-8-15(13-16)14-23/h5-11,13H,3-4,12H2,1-2H3. The minimum Gasteiger partial charge on any atom is -0.337 e. The average molecular weight is 421 g/mol. The second-order valence-corrected chi connectivity index (χ2v) is 8.74. The summed E-state index contributed by atoms with van der Waals surface area (Å²) in [6.07, 6.45) is 1.91. The number of unbranched alkanes of at least 4 members (excludes halogenated alkanes) is 1. The normalized spacial score (nSPS) is 19.8. The fourth-order valence-corrected chi connectivity index (χ4v) is 5.56. The Hall–Kier alpha value is -2.69. The van der Waals surface area contributed by atoms with Crippen molar-refractivity contribution in [2.75, 3.05) is 18.5 Å². The Kier molecular flexibility index (Phi) is 5.65. The van der Waals surface area contributed by atoms with Gasteiger partial charge in [0.1, 0.15) is 4.91 Å². The monoisotopic (exact) mass is 420 g/mol. The molecule has 2 aromatic rings. The molecule has 0 atom stereocenters. The van der Waals surface area contributed by atoms with Crippen molar-refractivity contribution in [3.63, 3.8) is 0 Å². The third-order valence-corrected chi connectivity index (χ3v) is 7.16. The number of fused-ring (bicyclic) bond motifs is 1. The van der Waals surface area contributed by atoms with Gasteiger partial charge in [-0.25, -0.2) is 4.99 Å². The Morgan fingerprint density at radius 2 is 1.97 bits per heavy atom. The molecule has 5 nitrogen and oxygen atoms in total. The van der Waals surface area contributed by atoms with Gasteiger partial charge in [-0.1, -0.05) is 43.3 Å². The van der Waals surface area contributed by atoms with Crippen molar-refractivity contribution in [2.24, 2.45) is 4.99 Å². The smallest absolute Gasteiger partial charge is 0.269 e. The molecule has 2 aromatic carbocycles. The highest BCUT2D eigenvalue weighted by atomic mass is 32.2. The lowest BCUT2D eigenvalue weighted by Gasteiger charge is -2.16. The molecule has 0 aromatic heterocycles. The number of aliphatic imine (C=N–C) groups is 1. The number of carbonyl (C=O) groups is 1. The molecule has 2 aliphatic heterocycles. The van der Waals surface area contributed by atoms with E-state index in [1.165, 1.54) is 11.8 Å². The molecule has 0 bridgehead atoms. The van der Waals surface area contributed by atoms with Gasteiger partial charge in [0.2, 0.25) is 0 Å². The van der Waals surface area contributed by atoms with Crippen molar-refractivity contribution in [2.45, 2.75) is 24.7 Å². The molecule has 1 amide bonds. The summed E-state index contributed by atoms with van der Waals surface area (Å²) < 4.78 is 0. The highest BCUT2D eigenvalue weighted by Crippen LogP contribution is 2.50. The van der Waals surface area contributed by atoms with Crippen LogP contribution in [0.25, 0.3) is 0 Å². The molecule has 2 heterocycles. The molecule has 0 N–H and O–H groups in total. The zero-order chi connectivity index (χ0) is 20.4. The maximum Gasteiger partial charge on any atom is 0.269 e. The highest BCUT2D eigenvalue weighted by Gasteiger charge is 2.38. The van der Waals surface area contributed by atoms with Crippen LogP contribution in [-0.4, -0.2) is 29.6 Å². The molecule has 29 heavy (non-hydrogen) atoms. The number of nitriles is 1. The number of nitrogens with zero attached hydrogens (tertiary/aromatic N) is 4. The van der Waals surface area contributed by atoms with Crippen LogP contribution in [0, 0.1) is 11.3 Å². The third-order valence-electron chi connectivity index (χ3n) is 4.73. The molecule has 146 valence electrons. The number of para-hydroxylation sites is 1. The predicted molar refractivity (Wildman–Crippen MR) is 120 cm³/mol. The first kappa shape index (κ1) is 19.6. The maximum atomic E-state index is 13.3. The predicted octanol–water partition coefficient (Wildman–Crippen LogP) is 5.33. The van der Waals surface area contributed by atoms with E-state index in [1.807, 2.05) is 31.3 Å². The number of carbonyl (C=O) groups excluding carboxylic acids is 1. The van der Waals surface area contributed by atoms with Gasteiger partial charge in [0.25, 0.3) is 5.91 Å². The molecule has 2 aliphatic rings. The quantitative estimate of drug-likeness (QED) is 0.626. The van der Waals surface area contributed by atoms with E-state index < -0.39 is 0 Å². The topological polar surface area (TPSA) is 59.7 Å². The highest BCUT2D eigenvalue weighted by molar-refractivity contribution is 8.19. The lowest BCUT2D eigenvalue weighted by molar-refractivity contribution is -0.122. The molecular weight excluding hydrogens is 400 g/mol. The number of rotatable bonds is 4. The van der Waals surface area contributed by atoms with Crippen molar-refractivity contribution in [1.82, 2.24) is 4.90 Å². The second kappa shape index (κ2) is 8.36. The van der Waals surface area contributed by atoms with E-state index in [4.69, 9.17) is 10.3 Å². The Morgan fingerprint density at radius 3 is 2.72 bits per heavy atom. The van der Waals surface area contributed by atoms with Crippen LogP contribution in [0.2, 0.25) is 0 Å². The summed E-state index contributed by atoms with van der Waals surface area (Å²) in [6.45, 7) is 2.74. The third kappa shape index (κ3) is 3.78. The lowest BCUT2D eigenvalue weighted by atomic mass is 10.2. The number of hydrogen-bond acceptors (Lipinski definition) is 6. The van der Waals surface area contributed by atoms with Crippen LogP contribution in [0.4, 0.5) is 11.4 Å². The number of amides is 1. The van der Waals surface area contributed by atoms with Crippen LogP contribution in [0.1, 0.15) is 25.3 Å². The van der Waals surface area contributed by atoms with Gasteiger partial charge in [-0.15, -0.1) is 0 Å². The number of amidine groups is 1. The van der Waals surface area contributed by atoms with Gasteiger partial charge in [-0.2, -0.15) is 5.26 Å². The largest absolute Gasteiger partial charge is 0.337 e. The Morgan fingerprint density at radius 1 is 1.14 bits per heavy atom. The van der Waals surface area contributed by atoms with Crippen molar-refractivity contribution in [3.8, 4) is 6.07 Å². The molecule has 0 unspecified atom stereocenters. The van der Waals surface area contributed by atoms with Gasteiger partial charge in [0.05, 0.1) is 28.0 Å². The molecule has 1 saturated heterocycles. The summed E-state index contributed by atoms with van der Waals surface area (Å²) in [5.41, 5.74) is 2.35. The number of benzene rings is 2. The summed E-state index contributed by atoms with van der Waals surface area (Å²) in [6, 6.07) is 17.5. The summed E-state index contributed by atoms with van der Waals surface area (Å²) in [5.74, 6) is 0.000735. The van der Waals surface area contributed by atoms with E-state index in [0.29, 0.717) is 27.9 Å². The van der Waals surface area contributed by atoms with E-state index in [-0.39, 0.29) is 5.91 Å². The average Bonchev–Trinajstić information content (AvgIpc) is 3.23. The Balaban J connectivity index is 1.72. The van der Waals surface area contributed by atoms with Crippen LogP contribution in [0.3, 0.4) is 0 Å². The van der Waals surface area contributed by atoms with Crippen LogP contribution < -0.4 is 4.90 Å². The fourth-order valence-electron chi connectivity index (χ4n) is 3.19. The van der Waals surface area contributed by atoms with Crippen molar-refractivity contribution in [3.05, 3.63) is 64.0 Å². The van der Waals surface area contributed by atoms with E-state index in [2.05, 4.69) is 30.0 Å². The second-order valence-electron chi connectivity index (χ2n) is 6.73. The van der Waals surface area contributed by atoms with Gasteiger partial charge in [-0.3, -0.25) is 9.69 Å². The maximum absolute atomic E-state index is 13.3. The van der Waals surface area contributed by atoms with Crippen LogP contribution in [0.15, 0.2) is 68.4 Å². The zero-order valence-corrected chi connectivity index (χ0v) is 17.9. The Labute approximate surface area is 179 Å². The number of anilines is 1. The summed E-state index contributed by atoms with van der Waals surface area (Å²) in [7, 11) is 2.00. The SMILES string of the molecule is CCCCN1C(=O)C(=C2Sc3ccccc3N2C)SC1=Nc1cccc(C#N)c1. The van der Waals surface area contributed by atoms with Gasteiger partial charge in [-0.05, 0) is 48.5 Å². The van der Waals surface area contributed by atoms with Gasteiger partial charge in [0.15, 0.2) is 5.17 Å². The van der Waals surface area contributed by atoms with E-state index >= 15 is 0 Å². The summed E-state index contributed by atoms with van der Waals surface area (Å²) in [4.78, 5) is 23.7. The van der Waals surface area contributed by atoms with Gasteiger partial charge >= 0.3 is 0 Å². The fraction of sp³-hybridized carbons (Fsp3) is 0.227. The molecule has 4 rings (SSSR count). The molecular formula is C22H20N4OS2. The first-order chi connectivity index (χ1) is 14.1. The lowest BCUT2D eigenvalue weighted by Crippen LogP contribution is -2.30. The first-order valence-corrected chi connectivity index (χ1v) is 11.1. The minimum absolute atomic E-state index is 0.000735. The van der Waals surface area contributed by atoms with Crippen molar-refractivity contribution >= 4 is 46.0 Å². The summed E-state index contributed by atoms with van der Waals surface area (Å²) in [5, 5.41) is 10.8. The molecule has 7 heteroatoms. The molecule has 0 spiro atoms.